The van der Waals surface area contributed by atoms with Crippen molar-refractivity contribution in [3.63, 3.8) is 0 Å². The molecular formula is C14H11ClN2O3. The van der Waals surface area contributed by atoms with Gasteiger partial charge in [-0.1, -0.05) is 17.7 Å². The van der Waals surface area contributed by atoms with E-state index in [1.807, 2.05) is 0 Å². The third-order valence-electron chi connectivity index (χ3n) is 2.50. The zero-order valence-electron chi connectivity index (χ0n) is 10.6. The molecule has 0 aliphatic heterocycles. The van der Waals surface area contributed by atoms with E-state index in [-0.39, 0.29) is 17.2 Å². The molecule has 1 aromatic carbocycles. The summed E-state index contributed by atoms with van der Waals surface area (Å²) >= 11 is 5.83. The van der Waals surface area contributed by atoms with Crippen LogP contribution in [0.15, 0.2) is 42.6 Å². The predicted octanol–water partition coefficient (Wildman–Crippen LogP) is 2.77. The monoisotopic (exact) mass is 290 g/mol. The van der Waals surface area contributed by atoms with Gasteiger partial charge in [0.25, 0.3) is 5.91 Å². The maximum atomic E-state index is 11.9. The highest BCUT2D eigenvalue weighted by molar-refractivity contribution is 6.30. The van der Waals surface area contributed by atoms with Crippen molar-refractivity contribution in [2.45, 2.75) is 0 Å². The Kier molecular flexibility index (Phi) is 4.32. The Morgan fingerprint density at radius 3 is 2.65 bits per heavy atom. The average molecular weight is 291 g/mol. The van der Waals surface area contributed by atoms with E-state index in [0.29, 0.717) is 10.7 Å². The molecule has 0 atom stereocenters. The number of benzene rings is 1. The zero-order chi connectivity index (χ0) is 14.5. The van der Waals surface area contributed by atoms with Crippen LogP contribution in [0.25, 0.3) is 0 Å². The van der Waals surface area contributed by atoms with Gasteiger partial charge in [-0.25, -0.2) is 4.79 Å². The van der Waals surface area contributed by atoms with Crippen molar-refractivity contribution in [2.24, 2.45) is 0 Å². The highest BCUT2D eigenvalue weighted by Gasteiger charge is 2.10. The van der Waals surface area contributed by atoms with Crippen molar-refractivity contribution in [1.82, 2.24) is 4.98 Å². The van der Waals surface area contributed by atoms with Gasteiger partial charge in [0, 0.05) is 16.9 Å². The molecule has 5 nitrogen and oxygen atoms in total. The quantitative estimate of drug-likeness (QED) is 0.883. The van der Waals surface area contributed by atoms with E-state index in [1.165, 1.54) is 25.4 Å². The number of nitrogens with one attached hydrogen (secondary N) is 1. The molecule has 0 fully saturated rings. The Labute approximate surface area is 120 Å². The molecule has 0 radical (unpaired) electrons. The number of esters is 1. The number of anilines is 1. The first kappa shape index (κ1) is 14.0. The molecule has 1 amide bonds. The van der Waals surface area contributed by atoms with Crippen molar-refractivity contribution >= 4 is 29.2 Å². The second kappa shape index (κ2) is 6.16. The molecular weight excluding hydrogens is 280 g/mol. The van der Waals surface area contributed by atoms with Gasteiger partial charge in [0.1, 0.15) is 5.69 Å². The lowest BCUT2D eigenvalue weighted by atomic mass is 10.2. The number of nitrogens with zero attached hydrogens (tertiary/aromatic N) is 1. The summed E-state index contributed by atoms with van der Waals surface area (Å²) in [4.78, 5) is 27.1. The Balaban J connectivity index is 2.11. The summed E-state index contributed by atoms with van der Waals surface area (Å²) in [6, 6.07) is 9.71. The van der Waals surface area contributed by atoms with E-state index in [2.05, 4.69) is 15.0 Å². The lowest BCUT2D eigenvalue weighted by Crippen LogP contribution is -2.14. The fraction of sp³-hybridized carbons (Fsp3) is 0.0714. The molecule has 20 heavy (non-hydrogen) atoms. The molecule has 6 heteroatoms. The molecule has 0 spiro atoms. The Hall–Kier alpha value is -2.40. The van der Waals surface area contributed by atoms with Crippen molar-refractivity contribution in [3.8, 4) is 0 Å². The number of carbonyl (C=O) groups is 2. The normalized spacial score (nSPS) is 9.90. The second-order valence-corrected chi connectivity index (χ2v) is 4.32. The summed E-state index contributed by atoms with van der Waals surface area (Å²) in [5, 5.41) is 3.18. The number of hydrogen-bond acceptors (Lipinski definition) is 4. The predicted molar refractivity (Wildman–Crippen MR) is 75.0 cm³/mol. The van der Waals surface area contributed by atoms with E-state index in [9.17, 15) is 9.59 Å². The van der Waals surface area contributed by atoms with E-state index in [1.54, 1.807) is 24.3 Å². The first-order valence-corrected chi connectivity index (χ1v) is 6.09. The standard InChI is InChI=1S/C14H11ClN2O3/c1-20-14(19)9-5-6-12(16-8-9)13(18)17-11-4-2-3-10(15)7-11/h2-8H,1H3,(H,17,18). The Bertz CT molecular complexity index is 641. The van der Waals surface area contributed by atoms with Crippen LogP contribution in [0.4, 0.5) is 5.69 Å². The Morgan fingerprint density at radius 1 is 1.25 bits per heavy atom. The molecule has 0 aliphatic rings. The molecule has 1 heterocycles. The minimum atomic E-state index is -0.501. The number of aromatic nitrogens is 1. The minimum absolute atomic E-state index is 0.192. The van der Waals surface area contributed by atoms with Crippen LogP contribution < -0.4 is 5.32 Å². The largest absolute Gasteiger partial charge is 0.465 e. The number of ether oxygens (including phenoxy) is 1. The molecule has 2 aromatic rings. The van der Waals surface area contributed by atoms with Crippen LogP contribution in [0.1, 0.15) is 20.8 Å². The van der Waals surface area contributed by atoms with Crippen LogP contribution in [0.2, 0.25) is 5.02 Å². The third kappa shape index (κ3) is 3.33. The number of pyridine rings is 1. The van der Waals surface area contributed by atoms with Gasteiger partial charge in [0.2, 0.25) is 0 Å². The van der Waals surface area contributed by atoms with Crippen molar-refractivity contribution < 1.29 is 14.3 Å². The molecule has 2 rings (SSSR count). The highest BCUT2D eigenvalue weighted by Crippen LogP contribution is 2.15. The van der Waals surface area contributed by atoms with Crippen molar-refractivity contribution in [2.75, 3.05) is 12.4 Å². The highest BCUT2D eigenvalue weighted by atomic mass is 35.5. The van der Waals surface area contributed by atoms with E-state index in [4.69, 9.17) is 11.6 Å². The summed E-state index contributed by atoms with van der Waals surface area (Å²) in [5.74, 6) is -0.886. The first-order chi connectivity index (χ1) is 9.60. The molecule has 0 aliphatic carbocycles. The average Bonchev–Trinajstić information content (AvgIpc) is 2.46. The van der Waals surface area contributed by atoms with Crippen LogP contribution >= 0.6 is 11.6 Å². The number of halogens is 1. The summed E-state index contributed by atoms with van der Waals surface area (Å²) < 4.78 is 4.55. The summed E-state index contributed by atoms with van der Waals surface area (Å²) in [5.41, 5.74) is 1.05. The number of rotatable bonds is 3. The number of hydrogen-bond donors (Lipinski definition) is 1. The maximum absolute atomic E-state index is 11.9. The number of amides is 1. The lowest BCUT2D eigenvalue weighted by molar-refractivity contribution is 0.0600. The molecule has 102 valence electrons. The van der Waals surface area contributed by atoms with Crippen LogP contribution in [-0.4, -0.2) is 24.0 Å². The van der Waals surface area contributed by atoms with Crippen LogP contribution in [0, 0.1) is 0 Å². The third-order valence-corrected chi connectivity index (χ3v) is 2.73. The van der Waals surface area contributed by atoms with Gasteiger partial charge in [0.15, 0.2) is 0 Å². The molecule has 1 N–H and O–H groups in total. The zero-order valence-corrected chi connectivity index (χ0v) is 11.3. The molecule has 0 unspecified atom stereocenters. The minimum Gasteiger partial charge on any atom is -0.465 e. The van der Waals surface area contributed by atoms with Crippen LogP contribution in [0.5, 0.6) is 0 Å². The first-order valence-electron chi connectivity index (χ1n) is 5.71. The number of methoxy groups -OCH3 is 1. The van der Waals surface area contributed by atoms with Gasteiger partial charge in [0.05, 0.1) is 12.7 Å². The van der Waals surface area contributed by atoms with Crippen molar-refractivity contribution in [3.05, 3.63) is 58.9 Å². The van der Waals surface area contributed by atoms with Gasteiger partial charge < -0.3 is 10.1 Å². The van der Waals surface area contributed by atoms with Gasteiger partial charge in [-0.2, -0.15) is 0 Å². The molecule has 1 aromatic heterocycles. The van der Waals surface area contributed by atoms with Gasteiger partial charge in [-0.3, -0.25) is 9.78 Å². The van der Waals surface area contributed by atoms with Gasteiger partial charge in [-0.05, 0) is 30.3 Å². The second-order valence-electron chi connectivity index (χ2n) is 3.89. The topological polar surface area (TPSA) is 68.3 Å². The van der Waals surface area contributed by atoms with E-state index >= 15 is 0 Å². The van der Waals surface area contributed by atoms with Crippen molar-refractivity contribution in [1.29, 1.82) is 0 Å². The van der Waals surface area contributed by atoms with Gasteiger partial charge >= 0.3 is 5.97 Å². The van der Waals surface area contributed by atoms with E-state index in [0.717, 1.165) is 0 Å². The molecule has 0 bridgehead atoms. The maximum Gasteiger partial charge on any atom is 0.339 e. The fourth-order valence-corrected chi connectivity index (χ4v) is 1.72. The Morgan fingerprint density at radius 2 is 2.05 bits per heavy atom. The lowest BCUT2D eigenvalue weighted by Gasteiger charge is -2.05. The fourth-order valence-electron chi connectivity index (χ4n) is 1.53. The smallest absolute Gasteiger partial charge is 0.339 e. The summed E-state index contributed by atoms with van der Waals surface area (Å²) in [6.45, 7) is 0. The van der Waals surface area contributed by atoms with Crippen LogP contribution in [0.3, 0.4) is 0 Å². The summed E-state index contributed by atoms with van der Waals surface area (Å²) in [6.07, 6.45) is 1.29. The molecule has 0 saturated carbocycles. The van der Waals surface area contributed by atoms with Gasteiger partial charge in [-0.15, -0.1) is 0 Å². The van der Waals surface area contributed by atoms with E-state index < -0.39 is 5.97 Å². The van der Waals surface area contributed by atoms with Crippen LogP contribution in [-0.2, 0) is 4.74 Å². The summed E-state index contributed by atoms with van der Waals surface area (Å²) in [7, 11) is 1.28. The number of carbonyl (C=O) groups excluding carboxylic acids is 2. The molecule has 0 saturated heterocycles. The SMILES string of the molecule is COC(=O)c1ccc(C(=O)Nc2cccc(Cl)c2)nc1.